The lowest BCUT2D eigenvalue weighted by molar-refractivity contribution is -0.127. The number of carbonyl (C=O) groups is 2. The van der Waals surface area contributed by atoms with E-state index >= 15 is 0 Å². The predicted molar refractivity (Wildman–Crippen MR) is 138 cm³/mol. The molecule has 0 aliphatic rings. The van der Waals surface area contributed by atoms with Crippen molar-refractivity contribution in [3.63, 3.8) is 0 Å². The summed E-state index contributed by atoms with van der Waals surface area (Å²) in [6.45, 7) is 6.70. The van der Waals surface area contributed by atoms with E-state index in [9.17, 15) is 9.59 Å². The van der Waals surface area contributed by atoms with Crippen molar-refractivity contribution in [1.82, 2.24) is 20.3 Å². The molecule has 0 radical (unpaired) electrons. The third-order valence-corrected chi connectivity index (χ3v) is 5.90. The summed E-state index contributed by atoms with van der Waals surface area (Å²) in [6.07, 6.45) is 0.858. The van der Waals surface area contributed by atoms with Gasteiger partial charge in [-0.2, -0.15) is 0 Å². The van der Waals surface area contributed by atoms with Crippen molar-refractivity contribution < 1.29 is 9.59 Å². The van der Waals surface area contributed by atoms with Gasteiger partial charge in [-0.25, -0.2) is 4.68 Å². The number of hydrogen-bond acceptors (Lipinski definition) is 4. The van der Waals surface area contributed by atoms with E-state index in [1.807, 2.05) is 85.8 Å². The second-order valence-electron chi connectivity index (χ2n) is 9.13. The highest BCUT2D eigenvalue weighted by Crippen LogP contribution is 2.29. The van der Waals surface area contributed by atoms with Crippen LogP contribution in [0.4, 0.5) is 5.69 Å². The fraction of sp³-hybridized carbons (Fsp3) is 0.286. The lowest BCUT2D eigenvalue weighted by Gasteiger charge is -2.32. The predicted octanol–water partition coefficient (Wildman–Crippen LogP) is 4.68. The zero-order valence-corrected chi connectivity index (χ0v) is 20.4. The molecule has 180 valence electrons. The van der Waals surface area contributed by atoms with Crippen LogP contribution in [0.5, 0.6) is 0 Å². The van der Waals surface area contributed by atoms with Crippen molar-refractivity contribution in [2.24, 2.45) is 5.92 Å². The molecule has 2 amide bonds. The highest BCUT2D eigenvalue weighted by Gasteiger charge is 2.33. The van der Waals surface area contributed by atoms with Crippen LogP contribution in [0, 0.1) is 12.8 Å². The number of rotatable bonds is 9. The molecule has 0 fully saturated rings. The van der Waals surface area contributed by atoms with E-state index in [1.165, 1.54) is 0 Å². The summed E-state index contributed by atoms with van der Waals surface area (Å²) in [6, 6.07) is 23.8. The Balaban J connectivity index is 1.74. The average molecular weight is 470 g/mol. The van der Waals surface area contributed by atoms with Gasteiger partial charge in [0.2, 0.25) is 11.8 Å². The fourth-order valence-electron chi connectivity index (χ4n) is 4.09. The van der Waals surface area contributed by atoms with Crippen LogP contribution in [0.25, 0.3) is 11.0 Å². The maximum atomic E-state index is 13.9. The van der Waals surface area contributed by atoms with Gasteiger partial charge in [-0.15, -0.1) is 5.10 Å². The number of nitrogens with zero attached hydrogens (tertiary/aromatic N) is 4. The summed E-state index contributed by atoms with van der Waals surface area (Å²) < 4.78 is 1.58. The van der Waals surface area contributed by atoms with Crippen LogP contribution in [0.1, 0.15) is 37.4 Å². The molecule has 0 aliphatic heterocycles. The SMILES string of the molecule is Cc1cccc(N(C(=O)Cn2nnc3ccccc32)[C@@H](C(=O)NCCC(C)C)c2ccccc2)c1. The van der Waals surface area contributed by atoms with Crippen LogP contribution in [0.3, 0.4) is 0 Å². The Morgan fingerprint density at radius 1 is 0.971 bits per heavy atom. The van der Waals surface area contributed by atoms with Gasteiger partial charge in [0, 0.05) is 12.2 Å². The summed E-state index contributed by atoms with van der Waals surface area (Å²) >= 11 is 0. The Morgan fingerprint density at radius 3 is 2.46 bits per heavy atom. The summed E-state index contributed by atoms with van der Waals surface area (Å²) in [5.41, 5.74) is 3.88. The second kappa shape index (κ2) is 11.0. The summed E-state index contributed by atoms with van der Waals surface area (Å²) in [7, 11) is 0. The first-order chi connectivity index (χ1) is 16.9. The molecule has 1 N–H and O–H groups in total. The minimum atomic E-state index is -0.826. The minimum absolute atomic E-state index is 0.0446. The molecule has 0 unspecified atom stereocenters. The molecule has 0 bridgehead atoms. The zero-order valence-electron chi connectivity index (χ0n) is 20.4. The number of anilines is 1. The molecule has 0 aliphatic carbocycles. The van der Waals surface area contributed by atoms with Gasteiger partial charge in [0.25, 0.3) is 0 Å². The van der Waals surface area contributed by atoms with Gasteiger partial charge in [-0.1, -0.05) is 73.7 Å². The van der Waals surface area contributed by atoms with Gasteiger partial charge < -0.3 is 5.32 Å². The van der Waals surface area contributed by atoms with Gasteiger partial charge in [0.1, 0.15) is 18.1 Å². The Hall–Kier alpha value is -4.00. The molecule has 0 saturated carbocycles. The van der Waals surface area contributed by atoms with Crippen molar-refractivity contribution >= 4 is 28.5 Å². The number of para-hydroxylation sites is 1. The molecule has 7 heteroatoms. The highest BCUT2D eigenvalue weighted by atomic mass is 16.2. The molecule has 35 heavy (non-hydrogen) atoms. The molecular weight excluding hydrogens is 438 g/mol. The Kier molecular flexibility index (Phi) is 7.55. The van der Waals surface area contributed by atoms with Crippen molar-refractivity contribution in [2.45, 2.75) is 39.8 Å². The van der Waals surface area contributed by atoms with Crippen molar-refractivity contribution in [2.75, 3.05) is 11.4 Å². The van der Waals surface area contributed by atoms with E-state index in [0.717, 1.165) is 23.1 Å². The number of nitrogens with one attached hydrogen (secondary N) is 1. The standard InChI is InChI=1S/C28H31N5O2/c1-20(2)16-17-29-28(35)27(22-11-5-4-6-12-22)33(23-13-9-10-21(3)18-23)26(34)19-32-25-15-8-7-14-24(25)30-31-32/h4-15,18,20,27H,16-17,19H2,1-3H3,(H,29,35)/t27-/m1/s1. The number of carbonyl (C=O) groups excluding carboxylic acids is 2. The second-order valence-corrected chi connectivity index (χ2v) is 9.13. The molecule has 1 atom stereocenters. The van der Waals surface area contributed by atoms with Crippen LogP contribution in [-0.2, 0) is 16.1 Å². The number of hydrogen-bond donors (Lipinski definition) is 1. The number of aromatic nitrogens is 3. The number of aryl methyl sites for hydroxylation is 1. The number of amides is 2. The summed E-state index contributed by atoms with van der Waals surface area (Å²) in [5.74, 6) is -0.00477. The van der Waals surface area contributed by atoms with E-state index < -0.39 is 6.04 Å². The van der Waals surface area contributed by atoms with Crippen molar-refractivity contribution in [3.05, 3.63) is 90.0 Å². The van der Waals surface area contributed by atoms with Crippen LogP contribution in [-0.4, -0.2) is 33.4 Å². The van der Waals surface area contributed by atoms with E-state index in [2.05, 4.69) is 29.5 Å². The maximum Gasteiger partial charge on any atom is 0.249 e. The smallest absolute Gasteiger partial charge is 0.249 e. The lowest BCUT2D eigenvalue weighted by Crippen LogP contribution is -2.45. The first-order valence-corrected chi connectivity index (χ1v) is 11.9. The normalized spacial score (nSPS) is 12.0. The largest absolute Gasteiger partial charge is 0.354 e. The molecule has 3 aromatic carbocycles. The summed E-state index contributed by atoms with van der Waals surface area (Å²) in [5, 5.41) is 11.4. The first kappa shape index (κ1) is 24.1. The third kappa shape index (κ3) is 5.74. The van der Waals surface area contributed by atoms with Crippen LogP contribution < -0.4 is 10.2 Å². The van der Waals surface area contributed by atoms with E-state index in [0.29, 0.717) is 23.7 Å². The molecule has 4 aromatic rings. The molecule has 1 aromatic heterocycles. The molecular formula is C28H31N5O2. The van der Waals surface area contributed by atoms with E-state index in [-0.39, 0.29) is 18.4 Å². The van der Waals surface area contributed by atoms with Crippen LogP contribution in [0.15, 0.2) is 78.9 Å². The van der Waals surface area contributed by atoms with Gasteiger partial charge in [0.05, 0.1) is 5.52 Å². The maximum absolute atomic E-state index is 13.9. The van der Waals surface area contributed by atoms with Crippen molar-refractivity contribution in [3.8, 4) is 0 Å². The minimum Gasteiger partial charge on any atom is -0.354 e. The molecule has 1 heterocycles. The molecule has 7 nitrogen and oxygen atoms in total. The molecule has 4 rings (SSSR count). The number of benzene rings is 3. The molecule has 0 spiro atoms. The topological polar surface area (TPSA) is 80.1 Å². The van der Waals surface area contributed by atoms with E-state index in [1.54, 1.807) is 9.58 Å². The monoisotopic (exact) mass is 469 g/mol. The fourth-order valence-corrected chi connectivity index (χ4v) is 4.09. The Bertz CT molecular complexity index is 1300. The van der Waals surface area contributed by atoms with Crippen LogP contribution in [0.2, 0.25) is 0 Å². The van der Waals surface area contributed by atoms with Gasteiger partial charge >= 0.3 is 0 Å². The quantitative estimate of drug-likeness (QED) is 0.386. The lowest BCUT2D eigenvalue weighted by atomic mass is 10.0. The van der Waals surface area contributed by atoms with E-state index in [4.69, 9.17) is 0 Å². The summed E-state index contributed by atoms with van der Waals surface area (Å²) in [4.78, 5) is 29.1. The number of fused-ring (bicyclic) bond motifs is 1. The van der Waals surface area contributed by atoms with Gasteiger partial charge in [-0.05, 0) is 54.7 Å². The molecule has 0 saturated heterocycles. The van der Waals surface area contributed by atoms with Gasteiger partial charge in [-0.3, -0.25) is 14.5 Å². The Labute approximate surface area is 205 Å². The van der Waals surface area contributed by atoms with Crippen molar-refractivity contribution in [1.29, 1.82) is 0 Å². The zero-order chi connectivity index (χ0) is 24.8. The average Bonchev–Trinajstić information content (AvgIpc) is 3.25. The third-order valence-electron chi connectivity index (χ3n) is 5.90. The van der Waals surface area contributed by atoms with Gasteiger partial charge in [0.15, 0.2) is 0 Å². The van der Waals surface area contributed by atoms with Crippen LogP contribution >= 0.6 is 0 Å². The highest BCUT2D eigenvalue weighted by molar-refractivity contribution is 6.01. The first-order valence-electron chi connectivity index (χ1n) is 11.9. The Morgan fingerprint density at radius 2 is 1.71 bits per heavy atom.